The number of fused-ring (bicyclic) bond motifs is 1. The molecule has 0 saturated carbocycles. The minimum absolute atomic E-state index is 0.0694. The lowest BCUT2D eigenvalue weighted by atomic mass is 9.86. The van der Waals surface area contributed by atoms with Crippen LogP contribution >= 0.6 is 0 Å². The average molecular weight is 273 g/mol. The Morgan fingerprint density at radius 1 is 1.10 bits per heavy atom. The third-order valence-corrected chi connectivity index (χ3v) is 4.00. The second kappa shape index (κ2) is 5.33. The molecule has 3 heteroatoms. The van der Waals surface area contributed by atoms with E-state index in [1.165, 1.54) is 17.7 Å². The molecule has 3 rings (SSSR count). The summed E-state index contributed by atoms with van der Waals surface area (Å²) in [5.41, 5.74) is 3.21. The van der Waals surface area contributed by atoms with Crippen molar-refractivity contribution in [3.63, 3.8) is 0 Å². The highest BCUT2D eigenvalue weighted by Crippen LogP contribution is 2.31. The van der Waals surface area contributed by atoms with Crippen LogP contribution in [0.5, 0.6) is 0 Å². The van der Waals surface area contributed by atoms with Crippen molar-refractivity contribution in [3.8, 4) is 0 Å². The number of nitrogens with one attached hydrogen (secondary N) is 1. The van der Waals surface area contributed by atoms with Gasteiger partial charge in [0.2, 0.25) is 0 Å². The lowest BCUT2D eigenvalue weighted by Gasteiger charge is -2.33. The highest BCUT2D eigenvalue weighted by molar-refractivity contribution is 5.40. The molecular weight excluding hydrogens is 256 g/mol. The van der Waals surface area contributed by atoms with E-state index in [1.807, 2.05) is 12.1 Å². The van der Waals surface area contributed by atoms with E-state index >= 15 is 0 Å². The second-order valence-electron chi connectivity index (χ2n) is 5.28. The molecule has 0 aromatic heterocycles. The van der Waals surface area contributed by atoms with Crippen LogP contribution in [-0.2, 0) is 6.42 Å². The zero-order chi connectivity index (χ0) is 14.1. The molecule has 1 heterocycles. The van der Waals surface area contributed by atoms with Crippen LogP contribution in [0.1, 0.15) is 36.1 Å². The first-order valence-corrected chi connectivity index (χ1v) is 6.98. The van der Waals surface area contributed by atoms with E-state index in [-0.39, 0.29) is 6.04 Å². The second-order valence-corrected chi connectivity index (χ2v) is 5.28. The van der Waals surface area contributed by atoms with Crippen LogP contribution in [0, 0.1) is 11.6 Å². The Bertz CT molecular complexity index is 624. The quantitative estimate of drug-likeness (QED) is 0.872. The normalized spacial score (nSPS) is 21.6. The molecule has 1 aliphatic rings. The van der Waals surface area contributed by atoms with Gasteiger partial charge >= 0.3 is 0 Å². The van der Waals surface area contributed by atoms with Gasteiger partial charge in [-0.3, -0.25) is 0 Å². The fraction of sp³-hybridized carbons (Fsp3) is 0.294. The third kappa shape index (κ3) is 2.34. The van der Waals surface area contributed by atoms with Gasteiger partial charge in [-0.1, -0.05) is 37.3 Å². The summed E-state index contributed by atoms with van der Waals surface area (Å²) in [4.78, 5) is 0. The molecule has 0 amide bonds. The van der Waals surface area contributed by atoms with Crippen molar-refractivity contribution >= 4 is 0 Å². The molecule has 0 aliphatic carbocycles. The van der Waals surface area contributed by atoms with Crippen molar-refractivity contribution in [2.24, 2.45) is 0 Å². The molecule has 20 heavy (non-hydrogen) atoms. The molecule has 2 unspecified atom stereocenters. The first kappa shape index (κ1) is 13.3. The van der Waals surface area contributed by atoms with Gasteiger partial charge < -0.3 is 5.32 Å². The summed E-state index contributed by atoms with van der Waals surface area (Å²) in [6, 6.07) is 12.6. The number of hydrogen-bond donors (Lipinski definition) is 1. The fourth-order valence-corrected chi connectivity index (χ4v) is 2.88. The molecule has 1 aliphatic heterocycles. The zero-order valence-corrected chi connectivity index (χ0v) is 11.4. The predicted octanol–water partition coefficient (Wildman–Crippen LogP) is 3.98. The summed E-state index contributed by atoms with van der Waals surface area (Å²) in [5, 5.41) is 3.53. The summed E-state index contributed by atoms with van der Waals surface area (Å²) in [7, 11) is 0. The number of halogens is 2. The lowest BCUT2D eigenvalue weighted by molar-refractivity contribution is 0.424. The van der Waals surface area contributed by atoms with Gasteiger partial charge in [0.25, 0.3) is 0 Å². The van der Waals surface area contributed by atoms with Gasteiger partial charge in [-0.15, -0.1) is 0 Å². The fourth-order valence-electron chi connectivity index (χ4n) is 2.88. The van der Waals surface area contributed by atoms with Crippen molar-refractivity contribution in [2.45, 2.75) is 31.8 Å². The van der Waals surface area contributed by atoms with Crippen LogP contribution in [0.25, 0.3) is 0 Å². The molecule has 2 atom stereocenters. The van der Waals surface area contributed by atoms with Gasteiger partial charge in [0.1, 0.15) is 0 Å². The molecule has 2 aromatic carbocycles. The van der Waals surface area contributed by atoms with Crippen LogP contribution in [0.4, 0.5) is 8.78 Å². The maximum atomic E-state index is 13.5. The molecule has 0 radical (unpaired) electrons. The average Bonchev–Trinajstić information content (AvgIpc) is 2.49. The highest BCUT2D eigenvalue weighted by Gasteiger charge is 2.26. The number of benzene rings is 2. The minimum atomic E-state index is -0.801. The van der Waals surface area contributed by atoms with E-state index in [0.29, 0.717) is 6.04 Å². The van der Waals surface area contributed by atoms with Crippen molar-refractivity contribution < 1.29 is 8.78 Å². The van der Waals surface area contributed by atoms with Crippen molar-refractivity contribution in [2.75, 3.05) is 0 Å². The Labute approximate surface area is 117 Å². The lowest BCUT2D eigenvalue weighted by Crippen LogP contribution is -2.39. The van der Waals surface area contributed by atoms with Crippen LogP contribution in [-0.4, -0.2) is 6.04 Å². The van der Waals surface area contributed by atoms with E-state index in [2.05, 4.69) is 24.4 Å². The molecule has 0 saturated heterocycles. The summed E-state index contributed by atoms with van der Waals surface area (Å²) < 4.78 is 26.6. The van der Waals surface area contributed by atoms with Crippen molar-refractivity contribution in [1.82, 2.24) is 5.32 Å². The van der Waals surface area contributed by atoms with E-state index in [0.717, 1.165) is 24.0 Å². The van der Waals surface area contributed by atoms with Gasteiger partial charge in [0.05, 0.1) is 6.04 Å². The van der Waals surface area contributed by atoms with Gasteiger partial charge in [0.15, 0.2) is 11.6 Å². The first-order valence-electron chi connectivity index (χ1n) is 6.98. The topological polar surface area (TPSA) is 12.0 Å². The zero-order valence-electron chi connectivity index (χ0n) is 11.4. The molecule has 0 bridgehead atoms. The summed E-state index contributed by atoms with van der Waals surface area (Å²) >= 11 is 0. The Morgan fingerprint density at radius 3 is 2.65 bits per heavy atom. The molecule has 1 N–H and O–H groups in total. The maximum absolute atomic E-state index is 13.5. The first-order chi connectivity index (χ1) is 9.69. The molecule has 104 valence electrons. The van der Waals surface area contributed by atoms with Gasteiger partial charge in [0, 0.05) is 6.04 Å². The number of hydrogen-bond acceptors (Lipinski definition) is 1. The van der Waals surface area contributed by atoms with E-state index < -0.39 is 11.6 Å². The van der Waals surface area contributed by atoms with Crippen LogP contribution in [0.2, 0.25) is 0 Å². The van der Waals surface area contributed by atoms with Crippen LogP contribution < -0.4 is 5.32 Å². The summed E-state index contributed by atoms with van der Waals surface area (Å²) in [5.74, 6) is -1.59. The Morgan fingerprint density at radius 2 is 1.90 bits per heavy atom. The van der Waals surface area contributed by atoms with Crippen molar-refractivity contribution in [1.29, 1.82) is 0 Å². The largest absolute Gasteiger partial charge is 0.303 e. The maximum Gasteiger partial charge on any atom is 0.159 e. The molecular formula is C17H17F2N. The van der Waals surface area contributed by atoms with Crippen LogP contribution in [0.3, 0.4) is 0 Å². The summed E-state index contributed by atoms with van der Waals surface area (Å²) in [6.07, 6.45) is 1.99. The van der Waals surface area contributed by atoms with Gasteiger partial charge in [-0.05, 0) is 41.7 Å². The minimum Gasteiger partial charge on any atom is -0.303 e. The molecule has 1 nitrogen and oxygen atoms in total. The standard InChI is InChI=1S/C17H17F2N/c1-2-13-9-11-5-3-4-6-14(11)17(20-13)12-7-8-15(18)16(19)10-12/h3-8,10,13,17,20H,2,9H2,1H3. The van der Waals surface area contributed by atoms with Crippen molar-refractivity contribution in [3.05, 3.63) is 70.8 Å². The monoisotopic (exact) mass is 273 g/mol. The number of rotatable bonds is 2. The SMILES string of the molecule is CCC1Cc2ccccc2C(c2ccc(F)c(F)c2)N1. The highest BCUT2D eigenvalue weighted by atomic mass is 19.2. The van der Waals surface area contributed by atoms with E-state index in [4.69, 9.17) is 0 Å². The summed E-state index contributed by atoms with van der Waals surface area (Å²) in [6.45, 7) is 2.13. The Hall–Kier alpha value is -1.74. The Balaban J connectivity index is 2.05. The Kier molecular flexibility index (Phi) is 3.53. The molecule has 0 fully saturated rings. The van der Waals surface area contributed by atoms with Gasteiger partial charge in [-0.25, -0.2) is 8.78 Å². The van der Waals surface area contributed by atoms with Crippen LogP contribution in [0.15, 0.2) is 42.5 Å². The smallest absolute Gasteiger partial charge is 0.159 e. The molecule has 2 aromatic rings. The van der Waals surface area contributed by atoms with E-state index in [1.54, 1.807) is 6.07 Å². The molecule has 0 spiro atoms. The third-order valence-electron chi connectivity index (χ3n) is 4.00. The van der Waals surface area contributed by atoms with Gasteiger partial charge in [-0.2, -0.15) is 0 Å². The van der Waals surface area contributed by atoms with E-state index in [9.17, 15) is 8.78 Å². The predicted molar refractivity (Wildman–Crippen MR) is 75.6 cm³/mol.